The molecule has 1 saturated heterocycles. The van der Waals surface area contributed by atoms with Crippen molar-refractivity contribution in [3.05, 3.63) is 29.1 Å². The summed E-state index contributed by atoms with van der Waals surface area (Å²) in [5.74, 6) is 0. The first-order chi connectivity index (χ1) is 9.83. The molecule has 3 rings (SSSR count). The summed E-state index contributed by atoms with van der Waals surface area (Å²) in [7, 11) is 0. The van der Waals surface area contributed by atoms with Crippen molar-refractivity contribution in [2.75, 3.05) is 13.1 Å². The van der Waals surface area contributed by atoms with E-state index in [1.807, 2.05) is 33.9 Å². The number of nitrogens with zero attached hydrogens (tertiary/aromatic N) is 2. The highest BCUT2D eigenvalue weighted by atomic mass is 15.2. The molecule has 1 atom stereocenters. The first-order valence-corrected chi connectivity index (χ1v) is 8.51. The van der Waals surface area contributed by atoms with Crippen molar-refractivity contribution in [1.29, 1.82) is 0 Å². The summed E-state index contributed by atoms with van der Waals surface area (Å²) in [5.41, 5.74) is 4.16. The molecular weight excluding hydrogens is 244 g/mol. The molecule has 20 heavy (non-hydrogen) atoms. The van der Waals surface area contributed by atoms with Gasteiger partial charge in [0.2, 0.25) is 0 Å². The molecule has 0 spiro atoms. The van der Waals surface area contributed by atoms with E-state index in [2.05, 4.69) is 22.9 Å². The monoisotopic (exact) mass is 276 g/mol. The van der Waals surface area contributed by atoms with E-state index in [-0.39, 0.29) is 0 Å². The molecule has 1 unspecified atom stereocenters. The van der Waals surface area contributed by atoms with Gasteiger partial charge < -0.3 is 4.90 Å². The molecule has 0 bridgehead atoms. The number of hydrogen-bond donors (Lipinski definition) is 0. The second-order valence-electron chi connectivity index (χ2n) is 5.26. The third-order valence-corrected chi connectivity index (χ3v) is 4.02. The van der Waals surface area contributed by atoms with Crippen LogP contribution in [0.15, 0.2) is 12.3 Å². The van der Waals surface area contributed by atoms with Crippen molar-refractivity contribution < 1.29 is 0 Å². The van der Waals surface area contributed by atoms with Gasteiger partial charge in [-0.2, -0.15) is 0 Å². The van der Waals surface area contributed by atoms with Crippen molar-refractivity contribution in [2.45, 2.75) is 72.8 Å². The molecule has 2 heteroatoms. The Morgan fingerprint density at radius 3 is 2.40 bits per heavy atom. The molecule has 2 heterocycles. The van der Waals surface area contributed by atoms with Crippen molar-refractivity contribution in [3.63, 3.8) is 0 Å². The Morgan fingerprint density at radius 2 is 1.75 bits per heavy atom. The lowest BCUT2D eigenvalue weighted by Crippen LogP contribution is -2.37. The fourth-order valence-electron chi connectivity index (χ4n) is 3.14. The number of rotatable bonds is 1. The van der Waals surface area contributed by atoms with Crippen LogP contribution in [0.25, 0.3) is 0 Å². The maximum atomic E-state index is 4.56. The van der Waals surface area contributed by atoms with Gasteiger partial charge in [-0.1, -0.05) is 33.8 Å². The summed E-state index contributed by atoms with van der Waals surface area (Å²) in [4.78, 5) is 7.25. The van der Waals surface area contributed by atoms with Crippen LogP contribution in [0.3, 0.4) is 0 Å². The summed E-state index contributed by atoms with van der Waals surface area (Å²) in [5, 5.41) is 0. The van der Waals surface area contributed by atoms with Gasteiger partial charge in [0, 0.05) is 17.9 Å². The van der Waals surface area contributed by atoms with Crippen LogP contribution >= 0.6 is 0 Å². The molecule has 1 aliphatic carbocycles. The number of pyridine rings is 1. The lowest BCUT2D eigenvalue weighted by Gasteiger charge is -2.31. The molecule has 1 aromatic rings. The standard InChI is InChI=1S/C14H20N2.2C2H6/c1-11-8-12-9-13(16-6-2-3-7-16)4-5-14(12)15-10-11;2*1-2/h8,10,13H,2-7,9H2,1H3;2*1-2H3. The van der Waals surface area contributed by atoms with E-state index in [0.717, 1.165) is 6.04 Å². The quantitative estimate of drug-likeness (QED) is 0.756. The van der Waals surface area contributed by atoms with Gasteiger partial charge in [-0.25, -0.2) is 0 Å². The lowest BCUT2D eigenvalue weighted by molar-refractivity contribution is 0.221. The van der Waals surface area contributed by atoms with Crippen LogP contribution in [0.1, 0.15) is 63.8 Å². The minimum atomic E-state index is 0.790. The molecule has 114 valence electrons. The number of fused-ring (bicyclic) bond motifs is 1. The highest BCUT2D eigenvalue weighted by molar-refractivity contribution is 5.28. The van der Waals surface area contributed by atoms with Gasteiger partial charge in [0.15, 0.2) is 0 Å². The van der Waals surface area contributed by atoms with Crippen LogP contribution in [0.5, 0.6) is 0 Å². The summed E-state index contributed by atoms with van der Waals surface area (Å²) in [6.07, 6.45) is 8.52. The maximum Gasteiger partial charge on any atom is 0.0436 e. The predicted octanol–water partition coefficient (Wildman–Crippen LogP) is 4.40. The average molecular weight is 276 g/mol. The normalized spacial score (nSPS) is 21.1. The van der Waals surface area contributed by atoms with Crippen LogP contribution in [0.2, 0.25) is 0 Å². The summed E-state index contributed by atoms with van der Waals surface area (Å²) in [6.45, 7) is 12.8. The smallest absolute Gasteiger partial charge is 0.0436 e. The largest absolute Gasteiger partial charge is 0.300 e. The highest BCUT2D eigenvalue weighted by Gasteiger charge is 2.26. The molecule has 1 fully saturated rings. The van der Waals surface area contributed by atoms with Crippen LogP contribution < -0.4 is 0 Å². The first kappa shape index (κ1) is 17.2. The van der Waals surface area contributed by atoms with Crippen LogP contribution in [-0.4, -0.2) is 29.0 Å². The van der Waals surface area contributed by atoms with Crippen molar-refractivity contribution in [2.24, 2.45) is 0 Å². The predicted molar refractivity (Wildman–Crippen MR) is 88.3 cm³/mol. The Balaban J connectivity index is 0.000000461. The molecule has 0 radical (unpaired) electrons. The van der Waals surface area contributed by atoms with Gasteiger partial charge in [-0.15, -0.1) is 0 Å². The number of likely N-dealkylation sites (tertiary alicyclic amines) is 1. The lowest BCUT2D eigenvalue weighted by atomic mass is 9.90. The van der Waals surface area contributed by atoms with Crippen LogP contribution in [-0.2, 0) is 12.8 Å². The van der Waals surface area contributed by atoms with E-state index in [9.17, 15) is 0 Å². The van der Waals surface area contributed by atoms with Gasteiger partial charge in [-0.3, -0.25) is 4.98 Å². The maximum absolute atomic E-state index is 4.56. The third-order valence-electron chi connectivity index (χ3n) is 4.02. The number of aromatic nitrogens is 1. The van der Waals surface area contributed by atoms with Crippen LogP contribution in [0.4, 0.5) is 0 Å². The van der Waals surface area contributed by atoms with E-state index < -0.39 is 0 Å². The fraction of sp³-hybridized carbons (Fsp3) is 0.722. The Bertz CT molecular complexity index is 381. The van der Waals surface area contributed by atoms with Gasteiger partial charge in [0.1, 0.15) is 0 Å². The molecular formula is C18H32N2. The summed E-state index contributed by atoms with van der Waals surface area (Å²) >= 11 is 0. The van der Waals surface area contributed by atoms with E-state index >= 15 is 0 Å². The zero-order valence-corrected chi connectivity index (χ0v) is 14.1. The Hall–Kier alpha value is -0.890. The minimum absolute atomic E-state index is 0.790. The van der Waals surface area contributed by atoms with Crippen molar-refractivity contribution >= 4 is 0 Å². The first-order valence-electron chi connectivity index (χ1n) is 8.51. The summed E-state index contributed by atoms with van der Waals surface area (Å²) < 4.78 is 0. The minimum Gasteiger partial charge on any atom is -0.300 e. The van der Waals surface area contributed by atoms with E-state index in [4.69, 9.17) is 0 Å². The molecule has 2 aliphatic rings. The molecule has 0 amide bonds. The summed E-state index contributed by atoms with van der Waals surface area (Å²) in [6, 6.07) is 3.13. The van der Waals surface area contributed by atoms with Gasteiger partial charge in [0.25, 0.3) is 0 Å². The molecule has 2 nitrogen and oxygen atoms in total. The fourth-order valence-corrected chi connectivity index (χ4v) is 3.14. The molecule has 1 aliphatic heterocycles. The Labute approximate surface area is 125 Å². The zero-order valence-electron chi connectivity index (χ0n) is 14.1. The average Bonchev–Trinajstić information content (AvgIpc) is 3.05. The Morgan fingerprint density at radius 1 is 1.10 bits per heavy atom. The van der Waals surface area contributed by atoms with Crippen molar-refractivity contribution in [1.82, 2.24) is 9.88 Å². The topological polar surface area (TPSA) is 16.1 Å². The molecule has 0 N–H and O–H groups in total. The second kappa shape index (κ2) is 9.12. The van der Waals surface area contributed by atoms with Gasteiger partial charge in [0.05, 0.1) is 0 Å². The Kier molecular flexibility index (Phi) is 7.83. The van der Waals surface area contributed by atoms with Gasteiger partial charge in [-0.05, 0) is 63.2 Å². The third kappa shape index (κ3) is 4.31. The van der Waals surface area contributed by atoms with E-state index in [1.54, 1.807) is 0 Å². The number of hydrogen-bond acceptors (Lipinski definition) is 2. The van der Waals surface area contributed by atoms with Gasteiger partial charge >= 0.3 is 0 Å². The second-order valence-corrected chi connectivity index (χ2v) is 5.26. The SMILES string of the molecule is CC.CC.Cc1cnc2c(c1)CC(N1CCCC1)CC2. The highest BCUT2D eigenvalue weighted by Crippen LogP contribution is 2.26. The van der Waals surface area contributed by atoms with E-state index in [1.165, 1.54) is 62.0 Å². The zero-order chi connectivity index (χ0) is 15.0. The van der Waals surface area contributed by atoms with Crippen LogP contribution in [0, 0.1) is 6.92 Å². The molecule has 0 saturated carbocycles. The number of aryl methyl sites for hydroxylation is 2. The molecule has 0 aromatic carbocycles. The molecule has 1 aromatic heterocycles. The van der Waals surface area contributed by atoms with Crippen molar-refractivity contribution in [3.8, 4) is 0 Å². The van der Waals surface area contributed by atoms with E-state index in [0.29, 0.717) is 0 Å².